The molecule has 148 valence electrons. The van der Waals surface area contributed by atoms with E-state index in [1.807, 2.05) is 24.9 Å². The maximum atomic E-state index is 13.3. The second-order valence-corrected chi connectivity index (χ2v) is 8.52. The smallest absolute Gasteiger partial charge is 0.367 e. The van der Waals surface area contributed by atoms with Crippen LogP contribution in [0.1, 0.15) is 25.1 Å². The third-order valence-corrected chi connectivity index (χ3v) is 5.55. The van der Waals surface area contributed by atoms with Gasteiger partial charge in [-0.25, -0.2) is 0 Å². The van der Waals surface area contributed by atoms with Crippen molar-refractivity contribution in [1.82, 2.24) is 9.47 Å². The maximum absolute atomic E-state index is 13.3. The summed E-state index contributed by atoms with van der Waals surface area (Å²) in [6.07, 6.45) is -2.63. The summed E-state index contributed by atoms with van der Waals surface area (Å²) < 4.78 is 41.4. The molecule has 27 heavy (non-hydrogen) atoms. The summed E-state index contributed by atoms with van der Waals surface area (Å²) >= 11 is 5.13. The van der Waals surface area contributed by atoms with Gasteiger partial charge in [0.05, 0.1) is 17.1 Å². The molecule has 0 radical (unpaired) electrons. The number of likely N-dealkylation sites (N-methyl/N-ethyl adjacent to an activating group) is 1. The van der Waals surface area contributed by atoms with E-state index >= 15 is 0 Å². The molecule has 0 amide bonds. The molecule has 0 aromatic carbocycles. The van der Waals surface area contributed by atoms with Crippen LogP contribution in [0.4, 0.5) is 18.9 Å². The number of thioether (sulfide) groups is 1. The van der Waals surface area contributed by atoms with Crippen LogP contribution >= 0.6 is 27.7 Å². The molecule has 2 rings (SSSR count). The zero-order chi connectivity index (χ0) is 20.5. The van der Waals surface area contributed by atoms with Gasteiger partial charge in [0.1, 0.15) is 5.69 Å². The van der Waals surface area contributed by atoms with Gasteiger partial charge in [0, 0.05) is 35.6 Å². The largest absolute Gasteiger partial charge is 0.431 e. The van der Waals surface area contributed by atoms with Crippen LogP contribution in [0.5, 0.6) is 0 Å². The average molecular weight is 464 g/mol. The first-order chi connectivity index (χ1) is 12.5. The van der Waals surface area contributed by atoms with E-state index in [0.29, 0.717) is 16.8 Å². The summed E-state index contributed by atoms with van der Waals surface area (Å²) in [5.41, 5.74) is -0.0777. The van der Waals surface area contributed by atoms with Gasteiger partial charge in [-0.05, 0) is 31.7 Å². The van der Waals surface area contributed by atoms with Crippen molar-refractivity contribution in [3.63, 3.8) is 0 Å². The Morgan fingerprint density at radius 2 is 2.00 bits per heavy atom. The van der Waals surface area contributed by atoms with Crippen LogP contribution < -0.4 is 5.56 Å². The van der Waals surface area contributed by atoms with Crippen molar-refractivity contribution < 1.29 is 13.2 Å². The topological polar surface area (TPSA) is 37.6 Å². The quantitative estimate of drug-likeness (QED) is 0.590. The highest BCUT2D eigenvalue weighted by Crippen LogP contribution is 2.34. The first-order valence-electron chi connectivity index (χ1n) is 8.25. The van der Waals surface area contributed by atoms with E-state index in [4.69, 9.17) is 0 Å². The zero-order valence-electron chi connectivity index (χ0n) is 15.7. The van der Waals surface area contributed by atoms with Gasteiger partial charge in [0.25, 0.3) is 5.56 Å². The van der Waals surface area contributed by atoms with Gasteiger partial charge in [0.15, 0.2) is 0 Å². The molecule has 2 heterocycles. The number of hydrogen-bond acceptors (Lipinski definition) is 4. The average Bonchev–Trinajstić information content (AvgIpc) is 2.53. The molecule has 1 aromatic rings. The molecule has 9 heteroatoms. The van der Waals surface area contributed by atoms with E-state index in [2.05, 4.69) is 20.9 Å². The molecular weight excluding hydrogens is 443 g/mol. The third kappa shape index (κ3) is 4.68. The van der Waals surface area contributed by atoms with E-state index < -0.39 is 17.4 Å². The number of hydrogen-bond donors (Lipinski definition) is 0. The van der Waals surface area contributed by atoms with Crippen molar-refractivity contribution in [2.75, 3.05) is 19.3 Å². The van der Waals surface area contributed by atoms with Gasteiger partial charge < -0.3 is 9.47 Å². The second-order valence-electron chi connectivity index (χ2n) is 6.19. The molecule has 0 atom stereocenters. The second kappa shape index (κ2) is 8.26. The molecule has 0 aliphatic carbocycles. The summed E-state index contributed by atoms with van der Waals surface area (Å²) in [7, 11) is 3.02. The fraction of sp³-hybridized carbons (Fsp3) is 0.444. The summed E-state index contributed by atoms with van der Waals surface area (Å²) in [5, 5.41) is 0. The maximum Gasteiger partial charge on any atom is 0.431 e. The van der Waals surface area contributed by atoms with Gasteiger partial charge in [-0.15, -0.1) is 11.8 Å². The molecule has 0 unspecified atom stereocenters. The fourth-order valence-corrected chi connectivity index (χ4v) is 4.63. The molecule has 0 N–H and O–H groups in total. The van der Waals surface area contributed by atoms with Gasteiger partial charge in [0.2, 0.25) is 0 Å². The highest BCUT2D eigenvalue weighted by molar-refractivity contribution is 9.11. The summed E-state index contributed by atoms with van der Waals surface area (Å²) in [6.45, 7) is 5.91. The van der Waals surface area contributed by atoms with E-state index in [1.54, 1.807) is 18.7 Å². The Hall–Kier alpha value is -1.48. The van der Waals surface area contributed by atoms with Crippen molar-refractivity contribution in [1.29, 1.82) is 0 Å². The Bertz CT molecular complexity index is 900. The first kappa shape index (κ1) is 21.8. The van der Waals surface area contributed by atoms with Crippen LogP contribution in [0.2, 0.25) is 0 Å². The predicted molar refractivity (Wildman–Crippen MR) is 109 cm³/mol. The minimum atomic E-state index is -4.63. The molecule has 0 spiro atoms. The number of aliphatic imine (C=N–C) groups is 1. The van der Waals surface area contributed by atoms with Gasteiger partial charge >= 0.3 is 6.18 Å². The van der Waals surface area contributed by atoms with Crippen LogP contribution in [-0.2, 0) is 13.2 Å². The molecule has 0 saturated carbocycles. The van der Waals surface area contributed by atoms with Crippen molar-refractivity contribution in [2.24, 2.45) is 12.0 Å². The SMILES string of the molecule is CCSC1=C(/C(C)=N/c2cc(C(F)(F)F)n(C)c(=O)c2C)N(C)CC(Br)=C1. The lowest BCUT2D eigenvalue weighted by Gasteiger charge is -2.28. The fourth-order valence-electron chi connectivity index (χ4n) is 2.90. The summed E-state index contributed by atoms with van der Waals surface area (Å²) in [5.74, 6) is 0.847. The Labute approximate surface area is 169 Å². The summed E-state index contributed by atoms with van der Waals surface area (Å²) in [4.78, 5) is 19.6. The highest BCUT2D eigenvalue weighted by Gasteiger charge is 2.34. The van der Waals surface area contributed by atoms with Crippen molar-refractivity contribution in [2.45, 2.75) is 26.9 Å². The Morgan fingerprint density at radius 1 is 1.37 bits per heavy atom. The number of allylic oxidation sites excluding steroid dienone is 2. The van der Waals surface area contributed by atoms with Crippen LogP contribution in [-0.4, -0.2) is 34.5 Å². The molecule has 4 nitrogen and oxygen atoms in total. The van der Waals surface area contributed by atoms with E-state index in [-0.39, 0.29) is 11.3 Å². The summed E-state index contributed by atoms with van der Waals surface area (Å²) in [6, 6.07) is 0.933. The normalized spacial score (nSPS) is 16.1. The molecule has 1 aliphatic rings. The molecule has 1 aliphatic heterocycles. The number of pyridine rings is 1. The van der Waals surface area contributed by atoms with Gasteiger partial charge in [-0.3, -0.25) is 9.79 Å². The van der Waals surface area contributed by atoms with Crippen molar-refractivity contribution in [3.8, 4) is 0 Å². The lowest BCUT2D eigenvalue weighted by molar-refractivity contribution is -0.143. The number of alkyl halides is 3. The van der Waals surface area contributed by atoms with Crippen molar-refractivity contribution >= 4 is 39.1 Å². The minimum absolute atomic E-state index is 0.0401. The molecule has 0 bridgehead atoms. The monoisotopic (exact) mass is 463 g/mol. The van der Waals surface area contributed by atoms with Crippen LogP contribution in [0.3, 0.4) is 0 Å². The van der Waals surface area contributed by atoms with Crippen LogP contribution in [0, 0.1) is 6.92 Å². The molecule has 0 fully saturated rings. The van der Waals surface area contributed by atoms with Crippen LogP contribution in [0.25, 0.3) is 0 Å². The van der Waals surface area contributed by atoms with E-state index in [9.17, 15) is 18.0 Å². The molecular formula is C18H21BrF3N3OS. The van der Waals surface area contributed by atoms with Gasteiger partial charge in [-0.2, -0.15) is 13.2 Å². The Balaban J connectivity index is 2.66. The number of aromatic nitrogens is 1. The minimum Gasteiger partial charge on any atom is -0.367 e. The highest BCUT2D eigenvalue weighted by atomic mass is 79.9. The van der Waals surface area contributed by atoms with E-state index in [1.165, 1.54) is 6.92 Å². The first-order valence-corrected chi connectivity index (χ1v) is 10.0. The molecule has 0 saturated heterocycles. The third-order valence-electron chi connectivity index (χ3n) is 4.16. The molecule has 1 aromatic heterocycles. The standard InChI is InChI=1S/C18H21BrF3N3OS/c1-6-27-14-7-12(19)9-24(4)16(14)11(3)23-13-8-15(18(20,21)22)25(5)17(26)10(13)2/h7-8H,6,9H2,1-5H3/b23-11+. The van der Waals surface area contributed by atoms with E-state index in [0.717, 1.165) is 34.0 Å². The van der Waals surface area contributed by atoms with Gasteiger partial charge in [-0.1, -0.05) is 22.9 Å². The lowest BCUT2D eigenvalue weighted by atomic mass is 10.1. The Kier molecular flexibility index (Phi) is 6.68. The Morgan fingerprint density at radius 3 is 2.56 bits per heavy atom. The van der Waals surface area contributed by atoms with Crippen molar-refractivity contribution in [3.05, 3.63) is 48.8 Å². The number of rotatable bonds is 4. The lowest BCUT2D eigenvalue weighted by Crippen LogP contribution is -2.28. The number of halogens is 4. The number of nitrogens with zero attached hydrogens (tertiary/aromatic N) is 3. The van der Waals surface area contributed by atoms with Crippen LogP contribution in [0.15, 0.2) is 37.0 Å². The zero-order valence-corrected chi connectivity index (χ0v) is 18.1. The predicted octanol–water partition coefficient (Wildman–Crippen LogP) is 4.99.